The third kappa shape index (κ3) is 2.69. The fourth-order valence-electron chi connectivity index (χ4n) is 2.63. The average molecular weight is 200 g/mol. The molecule has 2 atom stereocenters. The van der Waals surface area contributed by atoms with Gasteiger partial charge in [-0.3, -0.25) is 4.90 Å². The van der Waals surface area contributed by atoms with Crippen LogP contribution < -0.4 is 5.73 Å². The highest BCUT2D eigenvalue weighted by Gasteiger charge is 2.30. The van der Waals surface area contributed by atoms with E-state index < -0.39 is 0 Å². The second-order valence-electron chi connectivity index (χ2n) is 4.66. The summed E-state index contributed by atoms with van der Waals surface area (Å²) in [6.45, 7) is 7.62. The lowest BCUT2D eigenvalue weighted by Gasteiger charge is -2.36. The van der Waals surface area contributed by atoms with Crippen LogP contribution in [0.4, 0.5) is 0 Å². The molecule has 1 heterocycles. The van der Waals surface area contributed by atoms with Crippen molar-refractivity contribution in [3.05, 3.63) is 0 Å². The molecule has 0 spiro atoms. The molecule has 0 unspecified atom stereocenters. The molecule has 0 aromatic heterocycles. The van der Waals surface area contributed by atoms with E-state index in [1.807, 2.05) is 0 Å². The van der Waals surface area contributed by atoms with Gasteiger partial charge in [0, 0.05) is 18.6 Å². The molecule has 0 bridgehead atoms. The van der Waals surface area contributed by atoms with Crippen LogP contribution in [-0.2, 0) is 0 Å². The Kier molecular flexibility index (Phi) is 4.85. The van der Waals surface area contributed by atoms with Gasteiger partial charge in [0.05, 0.1) is 0 Å². The second kappa shape index (κ2) is 5.69. The Bertz CT molecular complexity index is 149. The fraction of sp³-hybridized carbons (Fsp3) is 1.00. The third-order valence-electron chi connectivity index (χ3n) is 3.27. The summed E-state index contributed by atoms with van der Waals surface area (Å²) in [6, 6.07) is 0.465. The SMILES string of the molecule is CC(C)[C@H]([C@H](CN)CO)N1CCCC1. The summed E-state index contributed by atoms with van der Waals surface area (Å²) in [4.78, 5) is 2.50. The van der Waals surface area contributed by atoms with E-state index in [1.165, 1.54) is 25.9 Å². The molecule has 1 fully saturated rings. The van der Waals surface area contributed by atoms with Crippen molar-refractivity contribution < 1.29 is 5.11 Å². The first kappa shape index (κ1) is 12.0. The van der Waals surface area contributed by atoms with Gasteiger partial charge in [0.15, 0.2) is 0 Å². The van der Waals surface area contributed by atoms with E-state index in [2.05, 4.69) is 18.7 Å². The third-order valence-corrected chi connectivity index (χ3v) is 3.27. The van der Waals surface area contributed by atoms with Crippen LogP contribution in [0.25, 0.3) is 0 Å². The van der Waals surface area contributed by atoms with Gasteiger partial charge in [-0.15, -0.1) is 0 Å². The van der Waals surface area contributed by atoms with Crippen LogP contribution in [0.5, 0.6) is 0 Å². The Morgan fingerprint density at radius 3 is 2.21 bits per heavy atom. The Morgan fingerprint density at radius 1 is 1.29 bits per heavy atom. The highest BCUT2D eigenvalue weighted by Crippen LogP contribution is 2.23. The van der Waals surface area contributed by atoms with E-state index in [-0.39, 0.29) is 12.5 Å². The van der Waals surface area contributed by atoms with Crippen LogP contribution in [0.3, 0.4) is 0 Å². The van der Waals surface area contributed by atoms with Gasteiger partial charge in [0.1, 0.15) is 0 Å². The molecular formula is C11H24N2O. The predicted molar refractivity (Wildman–Crippen MR) is 59.1 cm³/mol. The van der Waals surface area contributed by atoms with Crippen molar-refractivity contribution in [1.29, 1.82) is 0 Å². The molecule has 3 nitrogen and oxygen atoms in total. The Hall–Kier alpha value is -0.120. The maximum atomic E-state index is 9.30. The van der Waals surface area contributed by atoms with Gasteiger partial charge in [-0.25, -0.2) is 0 Å². The topological polar surface area (TPSA) is 49.5 Å². The molecular weight excluding hydrogens is 176 g/mol. The molecule has 14 heavy (non-hydrogen) atoms. The summed E-state index contributed by atoms with van der Waals surface area (Å²) in [6.07, 6.45) is 2.60. The van der Waals surface area contributed by atoms with Crippen molar-refractivity contribution in [3.8, 4) is 0 Å². The molecule has 3 N–H and O–H groups in total. The van der Waals surface area contributed by atoms with E-state index in [0.717, 1.165) is 0 Å². The lowest BCUT2D eigenvalue weighted by atomic mass is 9.89. The van der Waals surface area contributed by atoms with Crippen molar-refractivity contribution in [2.24, 2.45) is 17.6 Å². The number of hydrogen-bond donors (Lipinski definition) is 2. The zero-order valence-electron chi connectivity index (χ0n) is 9.45. The minimum absolute atomic E-state index is 0.218. The molecule has 1 rings (SSSR count). The lowest BCUT2D eigenvalue weighted by molar-refractivity contribution is 0.0880. The van der Waals surface area contributed by atoms with Crippen LogP contribution in [0.1, 0.15) is 26.7 Å². The van der Waals surface area contributed by atoms with Crippen LogP contribution in [0.2, 0.25) is 0 Å². The van der Waals surface area contributed by atoms with E-state index in [1.54, 1.807) is 0 Å². The van der Waals surface area contributed by atoms with E-state index >= 15 is 0 Å². The predicted octanol–water partition coefficient (Wildman–Crippen LogP) is 0.674. The van der Waals surface area contributed by atoms with Gasteiger partial charge < -0.3 is 10.8 Å². The van der Waals surface area contributed by atoms with Crippen LogP contribution in [0.15, 0.2) is 0 Å². The number of hydrogen-bond acceptors (Lipinski definition) is 3. The van der Waals surface area contributed by atoms with Crippen molar-refractivity contribution in [2.45, 2.75) is 32.7 Å². The molecule has 84 valence electrons. The number of nitrogens with zero attached hydrogens (tertiary/aromatic N) is 1. The highest BCUT2D eigenvalue weighted by atomic mass is 16.3. The number of likely N-dealkylation sites (tertiary alicyclic amines) is 1. The summed E-state index contributed by atoms with van der Waals surface area (Å²) in [5.74, 6) is 0.821. The van der Waals surface area contributed by atoms with Gasteiger partial charge >= 0.3 is 0 Å². The second-order valence-corrected chi connectivity index (χ2v) is 4.66. The van der Waals surface area contributed by atoms with Crippen LogP contribution in [-0.4, -0.2) is 42.3 Å². The summed E-state index contributed by atoms with van der Waals surface area (Å²) < 4.78 is 0. The maximum Gasteiger partial charge on any atom is 0.0486 e. The molecule has 0 aromatic rings. The van der Waals surface area contributed by atoms with Gasteiger partial charge in [0.2, 0.25) is 0 Å². The fourth-order valence-corrected chi connectivity index (χ4v) is 2.63. The first-order valence-corrected chi connectivity index (χ1v) is 5.75. The molecule has 0 saturated carbocycles. The quantitative estimate of drug-likeness (QED) is 0.686. The number of rotatable bonds is 5. The van der Waals surface area contributed by atoms with Crippen molar-refractivity contribution in [2.75, 3.05) is 26.2 Å². The van der Waals surface area contributed by atoms with E-state index in [4.69, 9.17) is 5.73 Å². The standard InChI is InChI=1S/C11H24N2O/c1-9(2)11(10(7-12)8-14)13-5-3-4-6-13/h9-11,14H,3-8,12H2,1-2H3/t10-,11-/m1/s1. The van der Waals surface area contributed by atoms with Gasteiger partial charge in [-0.05, 0) is 38.4 Å². The zero-order valence-corrected chi connectivity index (χ0v) is 9.45. The monoisotopic (exact) mass is 200 g/mol. The van der Waals surface area contributed by atoms with Gasteiger partial charge in [0.25, 0.3) is 0 Å². The number of nitrogens with two attached hydrogens (primary N) is 1. The Labute approximate surface area is 87.3 Å². The molecule has 3 heteroatoms. The Balaban J connectivity index is 2.61. The molecule has 0 amide bonds. The highest BCUT2D eigenvalue weighted by molar-refractivity contribution is 4.84. The Morgan fingerprint density at radius 2 is 1.86 bits per heavy atom. The first-order valence-electron chi connectivity index (χ1n) is 5.75. The average Bonchev–Trinajstić information content (AvgIpc) is 2.65. The maximum absolute atomic E-state index is 9.30. The van der Waals surface area contributed by atoms with Crippen LogP contribution >= 0.6 is 0 Å². The number of aliphatic hydroxyl groups excluding tert-OH is 1. The smallest absolute Gasteiger partial charge is 0.0486 e. The van der Waals surface area contributed by atoms with Crippen molar-refractivity contribution in [3.63, 3.8) is 0 Å². The molecule has 0 radical (unpaired) electrons. The number of aliphatic hydroxyl groups is 1. The normalized spacial score (nSPS) is 22.9. The van der Waals surface area contributed by atoms with E-state index in [9.17, 15) is 5.11 Å². The molecule has 1 aliphatic heterocycles. The zero-order chi connectivity index (χ0) is 10.6. The van der Waals surface area contributed by atoms with E-state index in [0.29, 0.717) is 18.5 Å². The van der Waals surface area contributed by atoms with Gasteiger partial charge in [-0.2, -0.15) is 0 Å². The summed E-state index contributed by atoms with van der Waals surface area (Å²) in [5.41, 5.74) is 5.70. The molecule has 0 aromatic carbocycles. The molecule has 0 aliphatic carbocycles. The first-order chi connectivity index (χ1) is 6.70. The largest absolute Gasteiger partial charge is 0.396 e. The van der Waals surface area contributed by atoms with Gasteiger partial charge in [-0.1, -0.05) is 13.8 Å². The van der Waals surface area contributed by atoms with Crippen molar-refractivity contribution >= 4 is 0 Å². The minimum atomic E-state index is 0.218. The molecule has 1 aliphatic rings. The summed E-state index contributed by atoms with van der Waals surface area (Å²) >= 11 is 0. The van der Waals surface area contributed by atoms with Crippen molar-refractivity contribution in [1.82, 2.24) is 4.90 Å². The summed E-state index contributed by atoms with van der Waals surface area (Å²) in [7, 11) is 0. The summed E-state index contributed by atoms with van der Waals surface area (Å²) in [5, 5.41) is 9.30. The lowest BCUT2D eigenvalue weighted by Crippen LogP contribution is -2.46. The minimum Gasteiger partial charge on any atom is -0.396 e. The molecule has 1 saturated heterocycles. The van der Waals surface area contributed by atoms with Crippen LogP contribution in [0, 0.1) is 11.8 Å².